The molecule has 10 heteroatoms. The highest BCUT2D eigenvalue weighted by atomic mass is 32.1. The van der Waals surface area contributed by atoms with E-state index < -0.39 is 11.6 Å². The van der Waals surface area contributed by atoms with Crippen LogP contribution in [0.5, 0.6) is 0 Å². The number of hydrogen-bond donors (Lipinski definition) is 1. The van der Waals surface area contributed by atoms with E-state index in [0.29, 0.717) is 32.4 Å². The van der Waals surface area contributed by atoms with Crippen LogP contribution in [0, 0.1) is 11.8 Å². The normalized spacial score (nSPS) is 13.3. The first-order valence-corrected chi connectivity index (χ1v) is 15.4. The monoisotopic (exact) mass is 607 g/mol. The van der Waals surface area contributed by atoms with Crippen molar-refractivity contribution >= 4 is 46.9 Å². The van der Waals surface area contributed by atoms with E-state index in [1.807, 2.05) is 49.9 Å². The van der Waals surface area contributed by atoms with Gasteiger partial charge in [-0.3, -0.25) is 14.4 Å². The Balaban J connectivity index is 1.36. The summed E-state index contributed by atoms with van der Waals surface area (Å²) in [7, 11) is 0. The molecule has 0 spiro atoms. The summed E-state index contributed by atoms with van der Waals surface area (Å²) in [6.07, 6.45) is 7.19. The maximum Gasteiger partial charge on any atom is 0.331 e. The van der Waals surface area contributed by atoms with Gasteiger partial charge in [-0.15, -0.1) is 11.3 Å². The number of piperazine rings is 1. The Labute approximate surface area is 258 Å². The molecule has 43 heavy (non-hydrogen) atoms. The molecule has 2 aromatic rings. The molecule has 0 saturated carbocycles. The smallest absolute Gasteiger partial charge is 0.331 e. The van der Waals surface area contributed by atoms with Gasteiger partial charge in [0, 0.05) is 68.1 Å². The molecule has 0 radical (unpaired) electrons. The number of esters is 1. The van der Waals surface area contributed by atoms with Gasteiger partial charge in [0.15, 0.2) is 0 Å². The molecule has 230 valence electrons. The number of ether oxygens (including phenoxy) is 1. The van der Waals surface area contributed by atoms with Crippen molar-refractivity contribution in [2.24, 2.45) is 0 Å². The molecular formula is C33H41N3O6S. The fraction of sp³-hybridized carbons (Fsp3) is 0.455. The largest absolute Gasteiger partial charge is 0.457 e. The van der Waals surface area contributed by atoms with Crippen molar-refractivity contribution in [1.29, 1.82) is 0 Å². The van der Waals surface area contributed by atoms with Crippen molar-refractivity contribution in [3.8, 4) is 11.8 Å². The minimum absolute atomic E-state index is 0.176. The summed E-state index contributed by atoms with van der Waals surface area (Å²) in [4.78, 5) is 57.2. The highest BCUT2D eigenvalue weighted by Crippen LogP contribution is 2.20. The molecule has 1 aromatic heterocycles. The number of carbonyl (C=O) groups excluding carboxylic acids is 4. The topological polar surface area (TPSA) is 105 Å². The Kier molecular flexibility index (Phi) is 12.8. The fourth-order valence-electron chi connectivity index (χ4n) is 4.35. The molecule has 2 heterocycles. The Morgan fingerprint density at radius 3 is 2.23 bits per heavy atom. The second-order valence-corrected chi connectivity index (χ2v) is 12.4. The van der Waals surface area contributed by atoms with Crippen molar-refractivity contribution in [2.75, 3.05) is 31.1 Å². The average Bonchev–Trinajstić information content (AvgIpc) is 3.43. The average molecular weight is 608 g/mol. The van der Waals surface area contributed by atoms with Gasteiger partial charge in [0.25, 0.3) is 5.91 Å². The standard InChI is InChI=1S/C33H41N3O6S/c1-25(37)42-34-30(38)9-7-5-6-8-10-31(39)36-23-21-35(22-24-36)27-14-11-26(12-15-27)13-16-28-17-18-29(43-28)19-20-32(40)41-33(2,3)4/h11-12,14-15,17-20H,5-10,21-24H2,1-4H3,(H,34,38)/b20-19+. The number of amides is 2. The van der Waals surface area contributed by atoms with Gasteiger partial charge < -0.3 is 19.4 Å². The lowest BCUT2D eigenvalue weighted by Gasteiger charge is -2.36. The minimum Gasteiger partial charge on any atom is -0.457 e. The van der Waals surface area contributed by atoms with Gasteiger partial charge in [-0.05, 0) is 76.1 Å². The van der Waals surface area contributed by atoms with E-state index in [1.54, 1.807) is 6.08 Å². The van der Waals surface area contributed by atoms with E-state index in [-0.39, 0.29) is 17.8 Å². The first kappa shape index (κ1) is 33.4. The number of rotatable bonds is 10. The summed E-state index contributed by atoms with van der Waals surface area (Å²) in [5.74, 6) is 5.34. The fourth-order valence-corrected chi connectivity index (χ4v) is 5.12. The van der Waals surface area contributed by atoms with Crippen molar-refractivity contribution in [3.05, 3.63) is 57.8 Å². The third-order valence-electron chi connectivity index (χ3n) is 6.47. The molecule has 1 saturated heterocycles. The van der Waals surface area contributed by atoms with E-state index in [4.69, 9.17) is 4.74 Å². The van der Waals surface area contributed by atoms with E-state index in [9.17, 15) is 19.2 Å². The van der Waals surface area contributed by atoms with Gasteiger partial charge in [-0.1, -0.05) is 24.7 Å². The molecule has 9 nitrogen and oxygen atoms in total. The van der Waals surface area contributed by atoms with Crippen LogP contribution in [-0.4, -0.2) is 60.4 Å². The maximum absolute atomic E-state index is 12.6. The predicted octanol–water partition coefficient (Wildman–Crippen LogP) is 5.09. The third kappa shape index (κ3) is 12.7. The minimum atomic E-state index is -0.551. The van der Waals surface area contributed by atoms with E-state index in [2.05, 4.69) is 39.2 Å². The van der Waals surface area contributed by atoms with Crippen LogP contribution < -0.4 is 10.4 Å². The third-order valence-corrected chi connectivity index (χ3v) is 7.43. The number of hydrogen-bond acceptors (Lipinski definition) is 8. The molecule has 1 aliphatic heterocycles. The van der Waals surface area contributed by atoms with Gasteiger partial charge in [-0.25, -0.2) is 4.79 Å². The molecule has 1 N–H and O–H groups in total. The number of anilines is 1. The van der Waals surface area contributed by atoms with E-state index in [1.165, 1.54) is 24.3 Å². The van der Waals surface area contributed by atoms with Crippen LogP contribution in [0.3, 0.4) is 0 Å². The molecule has 0 bridgehead atoms. The van der Waals surface area contributed by atoms with Crippen LogP contribution in [-0.2, 0) is 28.8 Å². The molecule has 3 rings (SSSR count). The second-order valence-electron chi connectivity index (χ2n) is 11.3. The number of carbonyl (C=O) groups is 4. The molecule has 0 unspecified atom stereocenters. The number of unbranched alkanes of at least 4 members (excludes halogenated alkanes) is 3. The number of nitrogens with zero attached hydrogens (tertiary/aromatic N) is 2. The SMILES string of the molecule is CC(=O)ONC(=O)CCCCCCC(=O)N1CCN(c2ccc(C#Cc3ccc(/C=C/C(=O)OC(C)(C)C)s3)cc2)CC1. The van der Waals surface area contributed by atoms with Crippen LogP contribution in [0.15, 0.2) is 42.5 Å². The van der Waals surface area contributed by atoms with Crippen molar-refractivity contribution in [2.45, 2.75) is 71.8 Å². The molecule has 1 aromatic carbocycles. The number of nitrogens with one attached hydrogen (secondary N) is 1. The summed E-state index contributed by atoms with van der Waals surface area (Å²) in [5, 5.41) is 0. The van der Waals surface area contributed by atoms with Crippen molar-refractivity contribution in [1.82, 2.24) is 10.4 Å². The second kappa shape index (κ2) is 16.5. The molecule has 1 aliphatic rings. The van der Waals surface area contributed by atoms with Gasteiger partial charge in [0.2, 0.25) is 5.91 Å². The highest BCUT2D eigenvalue weighted by molar-refractivity contribution is 7.13. The molecule has 1 fully saturated rings. The molecule has 2 amide bonds. The predicted molar refractivity (Wildman–Crippen MR) is 168 cm³/mol. The van der Waals surface area contributed by atoms with Crippen LogP contribution in [0.4, 0.5) is 5.69 Å². The zero-order chi connectivity index (χ0) is 31.2. The van der Waals surface area contributed by atoms with Gasteiger partial charge in [0.1, 0.15) is 5.60 Å². The van der Waals surface area contributed by atoms with Crippen molar-refractivity contribution in [3.63, 3.8) is 0 Å². The number of thiophene rings is 1. The molecular weight excluding hydrogens is 566 g/mol. The van der Waals surface area contributed by atoms with E-state index in [0.717, 1.165) is 53.4 Å². The molecule has 0 aliphatic carbocycles. The van der Waals surface area contributed by atoms with Crippen LogP contribution in [0.1, 0.15) is 81.5 Å². The summed E-state index contributed by atoms with van der Waals surface area (Å²) in [6, 6.07) is 12.0. The highest BCUT2D eigenvalue weighted by Gasteiger charge is 2.21. The quantitative estimate of drug-likeness (QED) is 0.132. The lowest BCUT2D eigenvalue weighted by Crippen LogP contribution is -2.48. The number of benzene rings is 1. The Morgan fingerprint density at radius 2 is 1.58 bits per heavy atom. The van der Waals surface area contributed by atoms with Gasteiger partial charge in [-0.2, -0.15) is 5.48 Å². The molecule has 0 atom stereocenters. The summed E-state index contributed by atoms with van der Waals surface area (Å²) >= 11 is 1.52. The summed E-state index contributed by atoms with van der Waals surface area (Å²) < 4.78 is 5.29. The van der Waals surface area contributed by atoms with Crippen LogP contribution in [0.25, 0.3) is 6.08 Å². The van der Waals surface area contributed by atoms with Crippen LogP contribution >= 0.6 is 11.3 Å². The van der Waals surface area contributed by atoms with Crippen LogP contribution in [0.2, 0.25) is 0 Å². The van der Waals surface area contributed by atoms with Gasteiger partial charge in [0.05, 0.1) is 4.88 Å². The lowest BCUT2D eigenvalue weighted by atomic mass is 10.1. The first-order valence-electron chi connectivity index (χ1n) is 14.6. The zero-order valence-electron chi connectivity index (χ0n) is 25.4. The summed E-state index contributed by atoms with van der Waals surface area (Å²) in [5.41, 5.74) is 3.62. The zero-order valence-corrected chi connectivity index (χ0v) is 26.3. The maximum atomic E-state index is 12.6. The number of hydroxylamine groups is 1. The Morgan fingerprint density at radius 1 is 0.907 bits per heavy atom. The lowest BCUT2D eigenvalue weighted by molar-refractivity contribution is -0.156. The van der Waals surface area contributed by atoms with Gasteiger partial charge >= 0.3 is 11.9 Å². The Hall–Kier alpha value is -4.10. The van der Waals surface area contributed by atoms with E-state index >= 15 is 0 Å². The first-order chi connectivity index (χ1) is 20.5. The summed E-state index contributed by atoms with van der Waals surface area (Å²) in [6.45, 7) is 9.69. The van der Waals surface area contributed by atoms with Crippen molar-refractivity contribution < 1.29 is 28.8 Å². The Bertz CT molecular complexity index is 1340.